The summed E-state index contributed by atoms with van der Waals surface area (Å²) in [7, 11) is -5.41. The molecule has 0 amide bonds. The molecule has 7 nitrogen and oxygen atoms in total. The van der Waals surface area contributed by atoms with Crippen molar-refractivity contribution in [2.45, 2.75) is 42.2 Å². The van der Waals surface area contributed by atoms with Crippen molar-refractivity contribution in [1.82, 2.24) is 13.9 Å². The van der Waals surface area contributed by atoms with Gasteiger partial charge in [0.25, 0.3) is 10.0 Å². The Morgan fingerprint density at radius 1 is 1.24 bits per heavy atom. The smallest absolute Gasteiger partial charge is 0.262 e. The van der Waals surface area contributed by atoms with Gasteiger partial charge in [0.1, 0.15) is 0 Å². The lowest BCUT2D eigenvalue weighted by Gasteiger charge is -2.24. The molecule has 1 aromatic rings. The Bertz CT molecular complexity index is 729. The first-order chi connectivity index (χ1) is 9.46. The van der Waals surface area contributed by atoms with Crippen LogP contribution in [0.25, 0.3) is 0 Å². The highest BCUT2D eigenvalue weighted by atomic mass is 32.2. The van der Waals surface area contributed by atoms with Gasteiger partial charge in [0, 0.05) is 26.3 Å². The van der Waals surface area contributed by atoms with Gasteiger partial charge in [-0.25, -0.2) is 21.8 Å². The Kier molecular flexibility index (Phi) is 3.96. The van der Waals surface area contributed by atoms with Gasteiger partial charge in [-0.05, 0) is 27.2 Å². The predicted octanol–water partition coefficient (Wildman–Crippen LogP) is 0.396. The van der Waals surface area contributed by atoms with Crippen LogP contribution < -0.4 is 0 Å². The fraction of sp³-hybridized carbons (Fsp3) is 0.750. The van der Waals surface area contributed by atoms with Crippen molar-refractivity contribution >= 4 is 19.9 Å². The minimum Gasteiger partial charge on any atom is -0.339 e. The molecule has 0 aromatic carbocycles. The zero-order valence-corrected chi connectivity index (χ0v) is 14.3. The van der Waals surface area contributed by atoms with Gasteiger partial charge in [-0.1, -0.05) is 0 Å². The largest absolute Gasteiger partial charge is 0.339 e. The number of imidazole rings is 1. The summed E-state index contributed by atoms with van der Waals surface area (Å²) in [4.78, 5) is 3.85. The van der Waals surface area contributed by atoms with Gasteiger partial charge in [0.15, 0.2) is 14.9 Å². The van der Waals surface area contributed by atoms with E-state index in [-0.39, 0.29) is 18.1 Å². The van der Waals surface area contributed by atoms with Crippen LogP contribution in [0.5, 0.6) is 0 Å². The molecule has 2 rings (SSSR count). The molecule has 0 saturated carbocycles. The minimum atomic E-state index is -3.72. The van der Waals surface area contributed by atoms with Crippen LogP contribution in [0.15, 0.2) is 17.6 Å². The van der Waals surface area contributed by atoms with E-state index in [1.54, 1.807) is 32.4 Å². The Morgan fingerprint density at radius 3 is 2.33 bits per heavy atom. The van der Waals surface area contributed by atoms with Crippen molar-refractivity contribution in [3.8, 4) is 0 Å². The van der Waals surface area contributed by atoms with Crippen molar-refractivity contribution in [1.29, 1.82) is 0 Å². The van der Waals surface area contributed by atoms with Gasteiger partial charge in [-0.15, -0.1) is 0 Å². The maximum atomic E-state index is 12.4. The van der Waals surface area contributed by atoms with Crippen LogP contribution in [0.4, 0.5) is 0 Å². The number of aromatic nitrogens is 2. The molecule has 120 valence electrons. The van der Waals surface area contributed by atoms with Crippen molar-refractivity contribution in [3.05, 3.63) is 12.5 Å². The first kappa shape index (κ1) is 16.4. The zero-order chi connectivity index (χ0) is 16.1. The summed E-state index contributed by atoms with van der Waals surface area (Å²) in [6.45, 7) is 5.12. The van der Waals surface area contributed by atoms with E-state index in [0.29, 0.717) is 6.42 Å². The van der Waals surface area contributed by atoms with Crippen molar-refractivity contribution < 1.29 is 16.8 Å². The standard InChI is InChI=1S/C12H21N3O4S2/c1-12(2,3)20(16,17)10-5-6-15(7-10)21(18,19)11-8-14(4)9-13-11/h8-10H,5-7H2,1-4H3/t10-/m0/s1. The minimum absolute atomic E-state index is 0.00148. The van der Waals surface area contributed by atoms with Gasteiger partial charge < -0.3 is 4.57 Å². The lowest BCUT2D eigenvalue weighted by Crippen LogP contribution is -2.39. The maximum Gasteiger partial charge on any atom is 0.262 e. The Hall–Kier alpha value is -0.930. The topological polar surface area (TPSA) is 89.3 Å². The van der Waals surface area contributed by atoms with Crippen LogP contribution in [0, 0.1) is 0 Å². The fourth-order valence-electron chi connectivity index (χ4n) is 2.32. The summed E-state index contributed by atoms with van der Waals surface area (Å²) in [5, 5.41) is -0.699. The monoisotopic (exact) mass is 335 g/mol. The molecule has 21 heavy (non-hydrogen) atoms. The molecule has 0 aliphatic carbocycles. The number of hydrogen-bond donors (Lipinski definition) is 0. The molecule has 1 aromatic heterocycles. The van der Waals surface area contributed by atoms with E-state index in [1.807, 2.05) is 0 Å². The van der Waals surface area contributed by atoms with Crippen LogP contribution >= 0.6 is 0 Å². The number of aryl methyl sites for hydroxylation is 1. The van der Waals surface area contributed by atoms with Gasteiger partial charge >= 0.3 is 0 Å². The van der Waals surface area contributed by atoms with E-state index < -0.39 is 29.9 Å². The Balaban J connectivity index is 2.24. The predicted molar refractivity (Wildman–Crippen MR) is 79.0 cm³/mol. The van der Waals surface area contributed by atoms with Crippen LogP contribution in [-0.4, -0.2) is 53.8 Å². The lowest BCUT2D eigenvalue weighted by molar-refractivity contribution is 0.472. The highest BCUT2D eigenvalue weighted by Crippen LogP contribution is 2.29. The van der Waals surface area contributed by atoms with E-state index in [9.17, 15) is 16.8 Å². The molecule has 1 fully saturated rings. The molecule has 0 spiro atoms. The van der Waals surface area contributed by atoms with Crippen LogP contribution in [0.1, 0.15) is 27.2 Å². The highest BCUT2D eigenvalue weighted by Gasteiger charge is 2.44. The van der Waals surface area contributed by atoms with Crippen LogP contribution in [0.3, 0.4) is 0 Å². The van der Waals surface area contributed by atoms with Crippen LogP contribution in [0.2, 0.25) is 0 Å². The molecular weight excluding hydrogens is 314 g/mol. The second-order valence-electron chi connectivity index (χ2n) is 6.31. The molecule has 1 atom stereocenters. The van der Waals surface area contributed by atoms with E-state index >= 15 is 0 Å². The van der Waals surface area contributed by atoms with Gasteiger partial charge in [-0.3, -0.25) is 0 Å². The van der Waals surface area contributed by atoms with E-state index in [4.69, 9.17) is 0 Å². The Morgan fingerprint density at radius 2 is 1.86 bits per heavy atom. The van der Waals surface area contributed by atoms with Gasteiger partial charge in [-0.2, -0.15) is 4.31 Å². The number of sulfonamides is 1. The van der Waals surface area contributed by atoms with E-state index in [1.165, 1.54) is 16.8 Å². The normalized spacial score (nSPS) is 21.8. The van der Waals surface area contributed by atoms with Crippen molar-refractivity contribution in [2.75, 3.05) is 13.1 Å². The van der Waals surface area contributed by atoms with E-state index in [2.05, 4.69) is 4.98 Å². The summed E-state index contributed by atoms with van der Waals surface area (Å²) in [5.74, 6) is 0. The molecule has 0 bridgehead atoms. The first-order valence-electron chi connectivity index (χ1n) is 6.68. The number of hydrogen-bond acceptors (Lipinski definition) is 5. The van der Waals surface area contributed by atoms with Gasteiger partial charge in [0.05, 0.1) is 16.3 Å². The molecule has 2 heterocycles. The number of nitrogens with zero attached hydrogens (tertiary/aromatic N) is 3. The zero-order valence-electron chi connectivity index (χ0n) is 12.6. The highest BCUT2D eigenvalue weighted by molar-refractivity contribution is 7.93. The molecule has 0 unspecified atom stereocenters. The molecule has 9 heteroatoms. The third-order valence-electron chi connectivity index (χ3n) is 3.69. The van der Waals surface area contributed by atoms with Crippen LogP contribution in [-0.2, 0) is 26.9 Å². The summed E-state index contributed by atoms with van der Waals surface area (Å²) >= 11 is 0. The average Bonchev–Trinajstić information content (AvgIpc) is 2.95. The summed E-state index contributed by atoms with van der Waals surface area (Å²) < 4.78 is 51.6. The fourth-order valence-corrected chi connectivity index (χ4v) is 5.68. The number of rotatable bonds is 3. The first-order valence-corrected chi connectivity index (χ1v) is 9.66. The molecule has 1 aliphatic heterocycles. The lowest BCUT2D eigenvalue weighted by atomic mass is 10.3. The van der Waals surface area contributed by atoms with Gasteiger partial charge in [0.2, 0.25) is 0 Å². The average molecular weight is 335 g/mol. The van der Waals surface area contributed by atoms with Crippen molar-refractivity contribution in [2.24, 2.45) is 7.05 Å². The molecule has 0 N–H and O–H groups in total. The third kappa shape index (κ3) is 2.86. The number of sulfone groups is 1. The molecular formula is C12H21N3O4S2. The second-order valence-corrected chi connectivity index (χ2v) is 11.2. The third-order valence-corrected chi connectivity index (χ3v) is 8.41. The molecule has 1 aliphatic rings. The Labute approximate surface area is 125 Å². The summed E-state index contributed by atoms with van der Waals surface area (Å²) in [5.41, 5.74) is 0. The van der Waals surface area contributed by atoms with E-state index in [0.717, 1.165) is 0 Å². The summed E-state index contributed by atoms with van der Waals surface area (Å²) in [6, 6.07) is 0. The summed E-state index contributed by atoms with van der Waals surface area (Å²) in [6.07, 6.45) is 3.15. The SMILES string of the molecule is Cn1cnc(S(=O)(=O)N2CC[C@H](S(=O)(=O)C(C)(C)C)C2)c1. The van der Waals surface area contributed by atoms with Crippen molar-refractivity contribution in [3.63, 3.8) is 0 Å². The maximum absolute atomic E-state index is 12.4. The quantitative estimate of drug-likeness (QED) is 0.797. The second kappa shape index (κ2) is 5.06. The molecule has 1 saturated heterocycles. The molecule has 0 radical (unpaired) electrons.